The van der Waals surface area contributed by atoms with Crippen LogP contribution in [0, 0.1) is 12.7 Å². The second kappa shape index (κ2) is 6.14. The summed E-state index contributed by atoms with van der Waals surface area (Å²) >= 11 is 6.02. The van der Waals surface area contributed by atoms with E-state index >= 15 is 0 Å². The lowest BCUT2D eigenvalue weighted by molar-refractivity contribution is 0.613. The molecule has 2 aromatic rings. The van der Waals surface area contributed by atoms with Crippen LogP contribution in [0.2, 0.25) is 5.02 Å². The van der Waals surface area contributed by atoms with Gasteiger partial charge in [0.15, 0.2) is 0 Å². The Balaban J connectivity index is 2.15. The molecule has 0 bridgehead atoms. The van der Waals surface area contributed by atoms with Crippen molar-refractivity contribution in [2.45, 2.75) is 13.5 Å². The lowest BCUT2D eigenvalue weighted by Crippen LogP contribution is -2.09. The molecule has 4 heteroatoms. The Bertz CT molecular complexity index is 591. The number of nitrogens with zero attached hydrogens (tertiary/aromatic N) is 1. The van der Waals surface area contributed by atoms with Gasteiger partial charge in [0.05, 0.1) is 0 Å². The molecule has 0 aliphatic heterocycles. The maximum atomic E-state index is 13.7. The van der Waals surface area contributed by atoms with Gasteiger partial charge in [-0.25, -0.2) is 4.39 Å². The molecule has 20 heavy (non-hydrogen) atoms. The third kappa shape index (κ3) is 3.23. The zero-order valence-corrected chi connectivity index (χ0v) is 12.6. The first-order valence-electron chi connectivity index (χ1n) is 6.44. The lowest BCUT2D eigenvalue weighted by Gasteiger charge is -2.16. The summed E-state index contributed by atoms with van der Waals surface area (Å²) in [5.74, 6) is -0.285. The lowest BCUT2D eigenvalue weighted by atomic mass is 10.1. The molecule has 0 radical (unpaired) electrons. The van der Waals surface area contributed by atoms with Crippen LogP contribution in [0.1, 0.15) is 11.1 Å². The minimum Gasteiger partial charge on any atom is -0.381 e. The molecule has 2 rings (SSSR count). The van der Waals surface area contributed by atoms with Gasteiger partial charge in [-0.1, -0.05) is 17.7 Å². The fourth-order valence-corrected chi connectivity index (χ4v) is 2.24. The van der Waals surface area contributed by atoms with E-state index in [2.05, 4.69) is 11.4 Å². The van der Waals surface area contributed by atoms with Crippen LogP contribution in [0.3, 0.4) is 0 Å². The number of nitrogens with one attached hydrogen (secondary N) is 1. The fraction of sp³-hybridized carbons (Fsp3) is 0.250. The van der Waals surface area contributed by atoms with Gasteiger partial charge < -0.3 is 10.2 Å². The Labute approximate surface area is 124 Å². The molecule has 0 amide bonds. The molecular weight excluding hydrogens is 275 g/mol. The number of halogens is 2. The third-order valence-corrected chi connectivity index (χ3v) is 3.60. The van der Waals surface area contributed by atoms with Crippen LogP contribution in [0.15, 0.2) is 36.4 Å². The molecule has 0 saturated heterocycles. The third-order valence-electron chi connectivity index (χ3n) is 3.24. The summed E-state index contributed by atoms with van der Waals surface area (Å²) in [6.07, 6.45) is 0. The topological polar surface area (TPSA) is 15.3 Å². The maximum absolute atomic E-state index is 13.7. The predicted octanol–water partition coefficient (Wildman–Crippen LogP) is 4.47. The van der Waals surface area contributed by atoms with Gasteiger partial charge >= 0.3 is 0 Å². The predicted molar refractivity (Wildman–Crippen MR) is 84.2 cm³/mol. The average molecular weight is 293 g/mol. The minimum atomic E-state index is -0.285. The summed E-state index contributed by atoms with van der Waals surface area (Å²) in [5.41, 5.74) is 3.72. The molecular formula is C16H18ClFN2. The van der Waals surface area contributed by atoms with Crippen molar-refractivity contribution >= 4 is 23.0 Å². The Hall–Kier alpha value is -1.74. The first-order valence-corrected chi connectivity index (χ1v) is 6.81. The minimum absolute atomic E-state index is 0.285. The van der Waals surface area contributed by atoms with Crippen LogP contribution in [-0.4, -0.2) is 14.1 Å². The highest BCUT2D eigenvalue weighted by Crippen LogP contribution is 2.24. The summed E-state index contributed by atoms with van der Waals surface area (Å²) in [5, 5.41) is 3.68. The van der Waals surface area contributed by atoms with Crippen LogP contribution >= 0.6 is 11.6 Å². The van der Waals surface area contributed by atoms with Crippen molar-refractivity contribution in [2.24, 2.45) is 0 Å². The Morgan fingerprint density at radius 3 is 2.55 bits per heavy atom. The van der Waals surface area contributed by atoms with Gasteiger partial charge in [-0.3, -0.25) is 0 Å². The van der Waals surface area contributed by atoms with Gasteiger partial charge in [-0.2, -0.15) is 0 Å². The van der Waals surface area contributed by atoms with E-state index in [1.54, 1.807) is 12.1 Å². The van der Waals surface area contributed by atoms with Crippen molar-refractivity contribution in [1.82, 2.24) is 0 Å². The molecule has 0 heterocycles. The van der Waals surface area contributed by atoms with Crippen molar-refractivity contribution in [3.05, 3.63) is 58.4 Å². The van der Waals surface area contributed by atoms with Crippen molar-refractivity contribution in [1.29, 1.82) is 0 Å². The highest BCUT2D eigenvalue weighted by Gasteiger charge is 2.07. The second-order valence-corrected chi connectivity index (χ2v) is 5.35. The van der Waals surface area contributed by atoms with E-state index in [1.807, 2.05) is 38.1 Å². The van der Waals surface area contributed by atoms with Gasteiger partial charge in [0.25, 0.3) is 0 Å². The van der Waals surface area contributed by atoms with Crippen molar-refractivity contribution < 1.29 is 4.39 Å². The maximum Gasteiger partial charge on any atom is 0.129 e. The molecule has 2 aromatic carbocycles. The van der Waals surface area contributed by atoms with Gasteiger partial charge in [-0.15, -0.1) is 0 Å². The summed E-state index contributed by atoms with van der Waals surface area (Å²) in [4.78, 5) is 2.05. The van der Waals surface area contributed by atoms with Crippen molar-refractivity contribution in [3.8, 4) is 0 Å². The van der Waals surface area contributed by atoms with Crippen LogP contribution in [0.25, 0.3) is 0 Å². The monoisotopic (exact) mass is 292 g/mol. The number of hydrogen-bond donors (Lipinski definition) is 1. The van der Waals surface area contributed by atoms with E-state index < -0.39 is 0 Å². The highest BCUT2D eigenvalue weighted by molar-refractivity contribution is 6.31. The Morgan fingerprint density at radius 2 is 1.95 bits per heavy atom. The van der Waals surface area contributed by atoms with E-state index in [0.717, 1.165) is 16.9 Å². The smallest absolute Gasteiger partial charge is 0.129 e. The average Bonchev–Trinajstić information content (AvgIpc) is 2.39. The second-order valence-electron chi connectivity index (χ2n) is 4.95. The molecule has 0 aliphatic rings. The number of benzene rings is 2. The van der Waals surface area contributed by atoms with Crippen LogP contribution in [0.5, 0.6) is 0 Å². The fourth-order valence-electron chi connectivity index (χ4n) is 2.01. The molecule has 0 saturated carbocycles. The van der Waals surface area contributed by atoms with Gasteiger partial charge in [-0.05, 0) is 42.8 Å². The van der Waals surface area contributed by atoms with E-state index in [1.165, 1.54) is 6.07 Å². The van der Waals surface area contributed by atoms with Crippen LogP contribution in [-0.2, 0) is 6.54 Å². The van der Waals surface area contributed by atoms with E-state index in [0.29, 0.717) is 17.1 Å². The van der Waals surface area contributed by atoms with E-state index in [9.17, 15) is 4.39 Å². The molecule has 0 spiro atoms. The van der Waals surface area contributed by atoms with E-state index in [4.69, 9.17) is 11.6 Å². The summed E-state index contributed by atoms with van der Waals surface area (Å²) in [7, 11) is 4.00. The molecule has 1 N–H and O–H groups in total. The van der Waals surface area contributed by atoms with E-state index in [-0.39, 0.29) is 5.82 Å². The first kappa shape index (κ1) is 14.7. The number of rotatable bonds is 4. The summed E-state index contributed by atoms with van der Waals surface area (Å²) in [6, 6.07) is 10.8. The molecule has 0 unspecified atom stereocenters. The standard InChI is InChI=1S/C16H18ClFN2/c1-11-9-12(20(2)3)7-8-16(11)19-10-13-14(17)5-4-6-15(13)18/h4-9,19H,10H2,1-3H3. The molecule has 2 nitrogen and oxygen atoms in total. The quantitative estimate of drug-likeness (QED) is 0.894. The molecule has 0 aliphatic carbocycles. The largest absolute Gasteiger partial charge is 0.381 e. The SMILES string of the molecule is Cc1cc(N(C)C)ccc1NCc1c(F)cccc1Cl. The first-order chi connectivity index (χ1) is 9.49. The van der Waals surface area contributed by atoms with Gasteiger partial charge in [0.1, 0.15) is 5.82 Å². The van der Waals surface area contributed by atoms with Crippen LogP contribution in [0.4, 0.5) is 15.8 Å². The number of anilines is 2. The Morgan fingerprint density at radius 1 is 1.20 bits per heavy atom. The molecule has 0 fully saturated rings. The molecule has 106 valence electrons. The summed E-state index contributed by atoms with van der Waals surface area (Å²) < 4.78 is 13.7. The molecule has 0 aromatic heterocycles. The summed E-state index contributed by atoms with van der Waals surface area (Å²) in [6.45, 7) is 2.39. The normalized spacial score (nSPS) is 10.4. The zero-order valence-electron chi connectivity index (χ0n) is 11.9. The number of aryl methyl sites for hydroxylation is 1. The zero-order chi connectivity index (χ0) is 14.7. The van der Waals surface area contributed by atoms with Crippen molar-refractivity contribution in [3.63, 3.8) is 0 Å². The van der Waals surface area contributed by atoms with Gasteiger partial charge in [0.2, 0.25) is 0 Å². The number of hydrogen-bond acceptors (Lipinski definition) is 2. The van der Waals surface area contributed by atoms with Crippen molar-refractivity contribution in [2.75, 3.05) is 24.3 Å². The van der Waals surface area contributed by atoms with Crippen LogP contribution < -0.4 is 10.2 Å². The van der Waals surface area contributed by atoms with Gasteiger partial charge in [0, 0.05) is 42.6 Å². The molecule has 0 atom stereocenters. The highest BCUT2D eigenvalue weighted by atomic mass is 35.5. The Kier molecular flexibility index (Phi) is 4.50.